The zero-order chi connectivity index (χ0) is 24.3. The fourth-order valence-electron chi connectivity index (χ4n) is 5.70. The van der Waals surface area contributed by atoms with E-state index in [1.54, 1.807) is 8.77 Å². The third-order valence-electron chi connectivity index (χ3n) is 7.48. The summed E-state index contributed by atoms with van der Waals surface area (Å²) >= 11 is -1.09. The molecule has 0 aromatic heterocycles. The monoisotopic (exact) mass is 611 g/mol. The van der Waals surface area contributed by atoms with Gasteiger partial charge in [-0.25, -0.2) is 0 Å². The molecule has 0 nitrogen and oxygen atoms in total. The van der Waals surface area contributed by atoms with Gasteiger partial charge in [-0.15, -0.1) is 0 Å². The van der Waals surface area contributed by atoms with Gasteiger partial charge in [-0.1, -0.05) is 0 Å². The molecule has 38 heavy (non-hydrogen) atoms. The van der Waals surface area contributed by atoms with Crippen molar-refractivity contribution in [1.82, 2.24) is 0 Å². The molecule has 0 N–H and O–H groups in total. The summed E-state index contributed by atoms with van der Waals surface area (Å²) in [4.78, 5) is 0. The van der Waals surface area contributed by atoms with Gasteiger partial charge in [0.25, 0.3) is 0 Å². The van der Waals surface area contributed by atoms with Gasteiger partial charge in [0, 0.05) is 0 Å². The van der Waals surface area contributed by atoms with Crippen LogP contribution in [0.5, 0.6) is 0 Å². The molecule has 1 atom stereocenters. The molecule has 4 aromatic rings. The summed E-state index contributed by atoms with van der Waals surface area (Å²) in [6.45, 7) is 2.28. The first kappa shape index (κ1) is 28.7. The van der Waals surface area contributed by atoms with Gasteiger partial charge in [-0.05, 0) is 0 Å². The van der Waals surface area contributed by atoms with Crippen LogP contribution >= 0.6 is 0 Å². The van der Waals surface area contributed by atoms with E-state index in [1.165, 1.54) is 63.8 Å². The molecule has 3 heteroatoms. The maximum Gasteiger partial charge on any atom is -1.00 e. The Morgan fingerprint density at radius 1 is 0.711 bits per heavy atom. The molecule has 0 saturated heterocycles. The molecule has 189 valence electrons. The van der Waals surface area contributed by atoms with Crippen LogP contribution in [0.25, 0.3) is 16.7 Å². The SMILES string of the molecule is CCCCC1=CCC(c2cccc3c2[CH]([Zr+2]=[C](c2ccccc2)c2ccccc2)c2ccccc2-3)=C1.[Cl-].[Cl-]. The van der Waals surface area contributed by atoms with Gasteiger partial charge in [0.15, 0.2) is 0 Å². The molecule has 0 bridgehead atoms. The minimum Gasteiger partial charge on any atom is -1.00 e. The molecule has 0 spiro atoms. The van der Waals surface area contributed by atoms with Crippen molar-refractivity contribution in [3.05, 3.63) is 149 Å². The molecule has 2 aliphatic rings. The van der Waals surface area contributed by atoms with Gasteiger partial charge >= 0.3 is 228 Å². The Morgan fingerprint density at radius 2 is 1.32 bits per heavy atom. The fraction of sp³-hybridized carbons (Fsp3) is 0.171. The van der Waals surface area contributed by atoms with Crippen molar-refractivity contribution < 1.29 is 47.6 Å². The van der Waals surface area contributed by atoms with E-state index in [0.717, 1.165) is 6.42 Å². The maximum absolute atomic E-state index is 2.50. The van der Waals surface area contributed by atoms with Gasteiger partial charge in [-0.2, -0.15) is 0 Å². The number of hydrogen-bond acceptors (Lipinski definition) is 0. The summed E-state index contributed by atoms with van der Waals surface area (Å²) in [6.07, 6.45) is 9.76. The zero-order valence-corrected chi connectivity index (χ0v) is 25.6. The number of fused-ring (bicyclic) bond motifs is 3. The predicted molar refractivity (Wildman–Crippen MR) is 150 cm³/mol. The third-order valence-corrected chi connectivity index (χ3v) is 11.8. The van der Waals surface area contributed by atoms with Crippen LogP contribution in [-0.4, -0.2) is 3.21 Å². The number of unbranched alkanes of at least 4 members (excludes halogenated alkanes) is 1. The van der Waals surface area contributed by atoms with E-state index in [1.807, 2.05) is 0 Å². The fourth-order valence-corrected chi connectivity index (χ4v) is 10.2. The minimum absolute atomic E-state index is 0. The molecule has 0 aliphatic heterocycles. The molecule has 6 rings (SSSR count). The van der Waals surface area contributed by atoms with Crippen molar-refractivity contribution in [2.45, 2.75) is 36.2 Å². The largest absolute Gasteiger partial charge is 1.00 e. The van der Waals surface area contributed by atoms with Gasteiger partial charge in [0.05, 0.1) is 0 Å². The van der Waals surface area contributed by atoms with Crippen LogP contribution in [0.1, 0.15) is 64.1 Å². The number of hydrogen-bond donors (Lipinski definition) is 0. The number of rotatable bonds is 7. The Balaban J connectivity index is 0.00000168. The summed E-state index contributed by atoms with van der Waals surface area (Å²) in [6, 6.07) is 38.5. The van der Waals surface area contributed by atoms with E-state index in [-0.39, 0.29) is 24.8 Å². The quantitative estimate of drug-likeness (QED) is 0.301. The van der Waals surface area contributed by atoms with Crippen molar-refractivity contribution in [1.29, 1.82) is 0 Å². The second-order valence-electron chi connectivity index (χ2n) is 9.79. The van der Waals surface area contributed by atoms with E-state index in [9.17, 15) is 0 Å². The Hall–Kier alpha value is -2.31. The maximum atomic E-state index is 2.50. The molecule has 0 heterocycles. The second-order valence-corrected chi connectivity index (χ2v) is 13.2. The molecule has 0 fully saturated rings. The number of benzene rings is 4. The van der Waals surface area contributed by atoms with Crippen molar-refractivity contribution in [2.75, 3.05) is 0 Å². The average Bonchev–Trinajstić information content (AvgIpc) is 3.54. The topological polar surface area (TPSA) is 0 Å². The summed E-state index contributed by atoms with van der Waals surface area (Å²) in [7, 11) is 0. The first-order chi connectivity index (χ1) is 17.8. The van der Waals surface area contributed by atoms with Crippen LogP contribution in [0.4, 0.5) is 0 Å². The Kier molecular flexibility index (Phi) is 9.94. The Labute approximate surface area is 250 Å². The number of halogens is 2. The summed E-state index contributed by atoms with van der Waals surface area (Å²) in [5.74, 6) is 0. The van der Waals surface area contributed by atoms with Crippen LogP contribution in [0.15, 0.2) is 121 Å². The first-order valence-corrected chi connectivity index (χ1v) is 15.8. The molecule has 0 amide bonds. The van der Waals surface area contributed by atoms with Crippen molar-refractivity contribution in [2.24, 2.45) is 0 Å². The van der Waals surface area contributed by atoms with Crippen LogP contribution in [0, 0.1) is 0 Å². The average molecular weight is 614 g/mol. The summed E-state index contributed by atoms with van der Waals surface area (Å²) in [5.41, 5.74) is 13.3. The smallest absolute Gasteiger partial charge is 1.00 e. The van der Waals surface area contributed by atoms with E-state index in [0.29, 0.717) is 3.63 Å². The second kappa shape index (κ2) is 13.2. The van der Waals surface area contributed by atoms with Crippen LogP contribution < -0.4 is 24.8 Å². The molecular weight excluding hydrogens is 583 g/mol. The minimum atomic E-state index is -1.09. The summed E-state index contributed by atoms with van der Waals surface area (Å²) in [5, 5.41) is 0. The van der Waals surface area contributed by atoms with Gasteiger partial charge in [0.2, 0.25) is 0 Å². The van der Waals surface area contributed by atoms with Crippen LogP contribution in [0.2, 0.25) is 0 Å². The van der Waals surface area contributed by atoms with Crippen molar-refractivity contribution >= 4 is 8.78 Å². The first-order valence-electron chi connectivity index (χ1n) is 13.2. The van der Waals surface area contributed by atoms with Gasteiger partial charge < -0.3 is 24.8 Å². The predicted octanol–water partition coefficient (Wildman–Crippen LogP) is 3.02. The molecular formula is C35H31Cl2Zr. The third kappa shape index (κ3) is 5.67. The molecule has 4 aromatic carbocycles. The Bertz CT molecular complexity index is 1440. The molecule has 2 aliphatic carbocycles. The summed E-state index contributed by atoms with van der Waals surface area (Å²) < 4.78 is 2.09. The molecule has 0 saturated carbocycles. The Morgan fingerprint density at radius 3 is 2.00 bits per heavy atom. The van der Waals surface area contributed by atoms with Gasteiger partial charge in [0.1, 0.15) is 0 Å². The standard InChI is InChI=1S/C22H21.C13H10.2ClH.Zr/c1-2-3-7-16-12-13-18(14-16)20-10-6-11-21-19-9-5-4-8-17(19)15-22(20)21;1-3-7-12(8-4-1)11-13-9-5-2-6-10-13;;;/h4-6,8-12,14-15H,2-3,7,13H2,1H3;1-10H;2*1H;/q;;;;+2/p-2. The van der Waals surface area contributed by atoms with Crippen LogP contribution in [-0.2, 0) is 22.8 Å². The van der Waals surface area contributed by atoms with E-state index < -0.39 is 22.8 Å². The molecule has 1 unspecified atom stereocenters. The van der Waals surface area contributed by atoms with E-state index >= 15 is 0 Å². The van der Waals surface area contributed by atoms with Gasteiger partial charge in [-0.3, -0.25) is 0 Å². The van der Waals surface area contributed by atoms with E-state index in [2.05, 4.69) is 122 Å². The normalized spacial score (nSPS) is 14.7. The van der Waals surface area contributed by atoms with Crippen LogP contribution in [0.3, 0.4) is 0 Å². The van der Waals surface area contributed by atoms with Crippen molar-refractivity contribution in [3.63, 3.8) is 0 Å². The van der Waals surface area contributed by atoms with E-state index in [4.69, 9.17) is 0 Å². The van der Waals surface area contributed by atoms with Crippen molar-refractivity contribution in [3.8, 4) is 11.1 Å². The number of allylic oxidation sites excluding steroid dienone is 4. The molecule has 0 radical (unpaired) electrons. The zero-order valence-electron chi connectivity index (χ0n) is 21.6.